The Hall–Kier alpha value is -5.09. The van der Waals surface area contributed by atoms with Crippen LogP contribution in [-0.2, 0) is 44.9 Å². The number of carbonyl (C=O) groups excluding carboxylic acids is 5. The summed E-state index contributed by atoms with van der Waals surface area (Å²) in [6.07, 6.45) is -4.21. The number of carbonyl (C=O) groups is 8. The van der Waals surface area contributed by atoms with Gasteiger partial charge in [0.2, 0.25) is 17.7 Å². The standard InChI is InChI=1S/C27H35FN4O12/c1-14(2)23(26(42)30-17(10-21(36)37)19(33)12-28)32-24(40)16(8-9-20(34)35)29-25(41)18(11-22(38)39)31-27(43)44-13-15-6-4-3-5-7-15/h3-7,14,16-18,23H,8-13H2,1-2H3,(H,29,41)(H,30,42)(H,31,43)(H,32,40)(H,34,35)(H,36,37)(H,38,39)/t16-,17?,18-,23-/m0/s1. The molecule has 4 amide bonds. The van der Waals surface area contributed by atoms with Gasteiger partial charge in [-0.2, -0.15) is 0 Å². The molecule has 0 saturated carbocycles. The van der Waals surface area contributed by atoms with Gasteiger partial charge in [0.05, 0.1) is 12.8 Å². The molecule has 0 radical (unpaired) electrons. The average molecular weight is 627 g/mol. The fourth-order valence-electron chi connectivity index (χ4n) is 3.66. The molecule has 0 heterocycles. The number of ether oxygens (including phenoxy) is 1. The second-order valence-electron chi connectivity index (χ2n) is 9.84. The first-order chi connectivity index (χ1) is 20.6. The number of aliphatic carboxylic acids is 3. The lowest BCUT2D eigenvalue weighted by molar-refractivity contribution is -0.142. The Morgan fingerprint density at radius 2 is 1.27 bits per heavy atom. The molecule has 7 N–H and O–H groups in total. The maximum absolute atomic E-state index is 13.1. The van der Waals surface area contributed by atoms with E-state index < -0.39 is 110 Å². The molecule has 0 aliphatic rings. The molecule has 17 heteroatoms. The summed E-state index contributed by atoms with van der Waals surface area (Å²) in [7, 11) is 0. The highest BCUT2D eigenvalue weighted by Crippen LogP contribution is 2.08. The van der Waals surface area contributed by atoms with Gasteiger partial charge in [0.1, 0.15) is 37.4 Å². The second-order valence-corrected chi connectivity index (χ2v) is 9.84. The van der Waals surface area contributed by atoms with Gasteiger partial charge in [-0.05, 0) is 17.9 Å². The summed E-state index contributed by atoms with van der Waals surface area (Å²) in [5, 5.41) is 35.9. The van der Waals surface area contributed by atoms with Crippen molar-refractivity contribution in [3.63, 3.8) is 0 Å². The summed E-state index contributed by atoms with van der Waals surface area (Å²) in [6.45, 7) is 1.16. The maximum Gasteiger partial charge on any atom is 0.408 e. The van der Waals surface area contributed by atoms with Crippen molar-refractivity contribution >= 4 is 47.5 Å². The predicted molar refractivity (Wildman–Crippen MR) is 147 cm³/mol. The van der Waals surface area contributed by atoms with Crippen LogP contribution in [0, 0.1) is 5.92 Å². The van der Waals surface area contributed by atoms with Crippen LogP contribution in [0.3, 0.4) is 0 Å². The molecule has 1 unspecified atom stereocenters. The van der Waals surface area contributed by atoms with Gasteiger partial charge in [-0.15, -0.1) is 0 Å². The van der Waals surface area contributed by atoms with Crippen molar-refractivity contribution in [1.29, 1.82) is 0 Å². The lowest BCUT2D eigenvalue weighted by Crippen LogP contribution is -2.59. The van der Waals surface area contributed by atoms with Crippen molar-refractivity contribution in [2.75, 3.05) is 6.67 Å². The molecular weight excluding hydrogens is 591 g/mol. The van der Waals surface area contributed by atoms with Crippen molar-refractivity contribution in [2.24, 2.45) is 5.92 Å². The Morgan fingerprint density at radius 1 is 0.727 bits per heavy atom. The Bertz CT molecular complexity index is 1210. The van der Waals surface area contributed by atoms with E-state index in [-0.39, 0.29) is 6.61 Å². The van der Waals surface area contributed by atoms with E-state index in [4.69, 9.17) is 14.9 Å². The highest BCUT2D eigenvalue weighted by molar-refractivity contribution is 5.97. The van der Waals surface area contributed by atoms with Crippen LogP contribution >= 0.6 is 0 Å². The van der Waals surface area contributed by atoms with Gasteiger partial charge >= 0.3 is 24.0 Å². The summed E-state index contributed by atoms with van der Waals surface area (Å²) in [6, 6.07) is 1.78. The highest BCUT2D eigenvalue weighted by atomic mass is 19.1. The van der Waals surface area contributed by atoms with Crippen LogP contribution in [0.5, 0.6) is 0 Å². The van der Waals surface area contributed by atoms with Crippen LogP contribution in [0.4, 0.5) is 9.18 Å². The number of carboxylic acid groups (broad SMARTS) is 3. The van der Waals surface area contributed by atoms with E-state index in [2.05, 4.69) is 21.3 Å². The molecule has 0 spiro atoms. The van der Waals surface area contributed by atoms with E-state index in [0.29, 0.717) is 5.56 Å². The number of alkyl halides is 1. The number of alkyl carbamates (subject to hydrolysis) is 1. The van der Waals surface area contributed by atoms with Gasteiger partial charge in [0, 0.05) is 6.42 Å². The third-order valence-corrected chi connectivity index (χ3v) is 5.94. The summed E-state index contributed by atoms with van der Waals surface area (Å²) < 4.78 is 17.9. The third-order valence-electron chi connectivity index (χ3n) is 5.94. The normalized spacial score (nSPS) is 13.4. The predicted octanol–water partition coefficient (Wildman–Crippen LogP) is -0.255. The van der Waals surface area contributed by atoms with Crippen LogP contribution in [0.15, 0.2) is 30.3 Å². The molecule has 0 bridgehead atoms. The van der Waals surface area contributed by atoms with Crippen molar-refractivity contribution in [3.8, 4) is 0 Å². The molecule has 1 aromatic rings. The molecule has 1 aromatic carbocycles. The number of amides is 4. The first-order valence-corrected chi connectivity index (χ1v) is 13.3. The number of benzene rings is 1. The number of ketones is 1. The van der Waals surface area contributed by atoms with E-state index >= 15 is 0 Å². The van der Waals surface area contributed by atoms with Gasteiger partial charge in [0.25, 0.3) is 0 Å². The van der Waals surface area contributed by atoms with Crippen molar-refractivity contribution in [1.82, 2.24) is 21.3 Å². The fourth-order valence-corrected chi connectivity index (χ4v) is 3.66. The molecule has 242 valence electrons. The Balaban J connectivity index is 3.08. The maximum atomic E-state index is 13.1. The second kappa shape index (κ2) is 18.4. The minimum absolute atomic E-state index is 0.208. The number of rotatable bonds is 19. The highest BCUT2D eigenvalue weighted by Gasteiger charge is 2.34. The smallest absolute Gasteiger partial charge is 0.408 e. The molecule has 0 aliphatic carbocycles. The number of hydrogen-bond acceptors (Lipinski definition) is 9. The molecule has 0 fully saturated rings. The van der Waals surface area contributed by atoms with Gasteiger partial charge in [0.15, 0.2) is 5.78 Å². The average Bonchev–Trinajstić information content (AvgIpc) is 2.95. The van der Waals surface area contributed by atoms with Crippen LogP contribution in [0.1, 0.15) is 45.1 Å². The molecular formula is C27H35FN4O12. The summed E-state index contributed by atoms with van der Waals surface area (Å²) in [4.78, 5) is 96.6. The SMILES string of the molecule is CC(C)[C@H](NC(=O)[C@H](CCC(=O)O)NC(=O)[C@H](CC(=O)O)NC(=O)OCc1ccccc1)C(=O)NC(CC(=O)O)C(=O)CF. The topological polar surface area (TPSA) is 255 Å². The van der Waals surface area contributed by atoms with E-state index in [1.807, 2.05) is 0 Å². The number of carboxylic acids is 3. The largest absolute Gasteiger partial charge is 0.481 e. The van der Waals surface area contributed by atoms with Crippen LogP contribution in [0.25, 0.3) is 0 Å². The van der Waals surface area contributed by atoms with Crippen LogP contribution in [-0.4, -0.2) is 93.7 Å². The van der Waals surface area contributed by atoms with Gasteiger partial charge in [-0.3, -0.25) is 33.6 Å². The number of nitrogens with one attached hydrogen (secondary N) is 4. The summed E-state index contributed by atoms with van der Waals surface area (Å²) in [5.74, 6) is -9.64. The fraction of sp³-hybridized carbons (Fsp3) is 0.481. The summed E-state index contributed by atoms with van der Waals surface area (Å²) in [5.41, 5.74) is 0.597. The lowest BCUT2D eigenvalue weighted by Gasteiger charge is -2.27. The van der Waals surface area contributed by atoms with Gasteiger partial charge < -0.3 is 41.3 Å². The quantitative estimate of drug-likeness (QED) is 0.105. The molecule has 16 nitrogen and oxygen atoms in total. The zero-order chi connectivity index (χ0) is 33.4. The molecule has 44 heavy (non-hydrogen) atoms. The van der Waals surface area contributed by atoms with Crippen molar-refractivity contribution < 1.29 is 62.8 Å². The first kappa shape index (κ1) is 36.9. The number of halogens is 1. The summed E-state index contributed by atoms with van der Waals surface area (Å²) >= 11 is 0. The Kier molecular flexibility index (Phi) is 15.5. The lowest BCUT2D eigenvalue weighted by atomic mass is 10.0. The first-order valence-electron chi connectivity index (χ1n) is 13.3. The molecule has 0 saturated heterocycles. The molecule has 0 aliphatic heterocycles. The zero-order valence-electron chi connectivity index (χ0n) is 23.9. The van der Waals surface area contributed by atoms with Crippen LogP contribution in [0.2, 0.25) is 0 Å². The van der Waals surface area contributed by atoms with Crippen LogP contribution < -0.4 is 21.3 Å². The Morgan fingerprint density at radius 3 is 1.80 bits per heavy atom. The number of Topliss-reactive ketones (excluding diaryl/α,β-unsaturated/α-hetero) is 1. The molecule has 4 atom stereocenters. The monoisotopic (exact) mass is 626 g/mol. The van der Waals surface area contributed by atoms with Crippen molar-refractivity contribution in [3.05, 3.63) is 35.9 Å². The zero-order valence-corrected chi connectivity index (χ0v) is 23.9. The molecule has 1 rings (SSSR count). The molecule has 0 aromatic heterocycles. The third kappa shape index (κ3) is 13.7. The van der Waals surface area contributed by atoms with E-state index in [1.165, 1.54) is 13.8 Å². The van der Waals surface area contributed by atoms with Gasteiger partial charge in [-0.25, -0.2) is 9.18 Å². The number of hydrogen-bond donors (Lipinski definition) is 7. The minimum atomic E-state index is -1.76. The minimum Gasteiger partial charge on any atom is -0.481 e. The van der Waals surface area contributed by atoms with Gasteiger partial charge in [-0.1, -0.05) is 44.2 Å². The van der Waals surface area contributed by atoms with E-state index in [1.54, 1.807) is 30.3 Å². The van der Waals surface area contributed by atoms with E-state index in [0.717, 1.165) is 0 Å². The Labute approximate surface area is 250 Å². The van der Waals surface area contributed by atoms with E-state index in [9.17, 15) is 47.9 Å². The van der Waals surface area contributed by atoms with Crippen molar-refractivity contribution in [2.45, 2.75) is 70.3 Å².